The van der Waals surface area contributed by atoms with Gasteiger partial charge in [0.05, 0.1) is 6.54 Å². The highest BCUT2D eigenvalue weighted by Gasteiger charge is 2.54. The summed E-state index contributed by atoms with van der Waals surface area (Å²) in [6.07, 6.45) is 5.09. The molecule has 1 aromatic rings. The number of hydrogen-bond donors (Lipinski definition) is 3. The number of likely N-dealkylation sites (tertiary alicyclic amines) is 1. The lowest BCUT2D eigenvalue weighted by molar-refractivity contribution is -0.872. The van der Waals surface area contributed by atoms with Gasteiger partial charge in [-0.1, -0.05) is 36.9 Å². The van der Waals surface area contributed by atoms with Crippen LogP contribution in [0.15, 0.2) is 18.2 Å². The van der Waals surface area contributed by atoms with Crippen molar-refractivity contribution in [2.75, 3.05) is 6.54 Å². The van der Waals surface area contributed by atoms with Crippen LogP contribution in [-0.4, -0.2) is 40.1 Å². The molecule has 1 heterocycles. The molecule has 2 aliphatic rings. The van der Waals surface area contributed by atoms with Crippen molar-refractivity contribution in [1.29, 1.82) is 0 Å². The van der Waals surface area contributed by atoms with Crippen molar-refractivity contribution < 1.29 is 19.2 Å². The van der Waals surface area contributed by atoms with Crippen LogP contribution in [0.5, 0.6) is 0 Å². The fourth-order valence-electron chi connectivity index (χ4n) is 5.05. The Morgan fingerprint density at radius 2 is 1.86 bits per heavy atom. The molecule has 154 valence electrons. The molecule has 1 aromatic carbocycles. The van der Waals surface area contributed by atoms with Gasteiger partial charge in [-0.05, 0) is 36.5 Å². The van der Waals surface area contributed by atoms with Crippen LogP contribution in [0.1, 0.15) is 56.1 Å². The SMILES string of the molecule is NCc1ccc(Cl)cc1C[N+]1(C(=O)[C@H](O)C2CCCCC2)CCC[C@H]1C(N)=O. The van der Waals surface area contributed by atoms with E-state index < -0.39 is 18.1 Å². The Morgan fingerprint density at radius 1 is 1.14 bits per heavy atom. The molecule has 3 atom stereocenters. The topological polar surface area (TPSA) is 106 Å². The minimum absolute atomic E-state index is 0.0429. The van der Waals surface area contributed by atoms with E-state index in [4.69, 9.17) is 23.1 Å². The van der Waals surface area contributed by atoms with Crippen LogP contribution in [0.2, 0.25) is 5.02 Å². The number of aliphatic hydroxyl groups excluding tert-OH is 1. The number of carbonyl (C=O) groups is 2. The van der Waals surface area contributed by atoms with Gasteiger partial charge in [-0.2, -0.15) is 0 Å². The van der Waals surface area contributed by atoms with Crippen molar-refractivity contribution in [1.82, 2.24) is 0 Å². The van der Waals surface area contributed by atoms with E-state index in [9.17, 15) is 14.7 Å². The number of nitrogens with zero attached hydrogens (tertiary/aromatic N) is 1. The van der Waals surface area contributed by atoms with Crippen LogP contribution >= 0.6 is 11.6 Å². The molecule has 0 spiro atoms. The highest BCUT2D eigenvalue weighted by molar-refractivity contribution is 6.30. The first-order valence-electron chi connectivity index (χ1n) is 10.2. The Bertz CT molecular complexity index is 736. The third-order valence-corrected chi connectivity index (χ3v) is 6.82. The van der Waals surface area contributed by atoms with Gasteiger partial charge in [0.25, 0.3) is 5.91 Å². The normalized spacial score (nSPS) is 26.9. The quantitative estimate of drug-likeness (QED) is 0.627. The minimum Gasteiger partial charge on any atom is -0.379 e. The fraction of sp³-hybridized carbons (Fsp3) is 0.619. The number of hydrogen-bond acceptors (Lipinski definition) is 4. The molecule has 1 aliphatic heterocycles. The molecule has 6 nitrogen and oxygen atoms in total. The minimum atomic E-state index is -1.07. The smallest absolute Gasteiger partial charge is 0.343 e. The van der Waals surface area contributed by atoms with Gasteiger partial charge in [-0.15, -0.1) is 0 Å². The summed E-state index contributed by atoms with van der Waals surface area (Å²) in [7, 11) is 0. The van der Waals surface area contributed by atoms with Gasteiger partial charge in [-0.25, -0.2) is 9.28 Å². The summed E-state index contributed by atoms with van der Waals surface area (Å²) in [6.45, 7) is 1.09. The lowest BCUT2D eigenvalue weighted by atomic mass is 9.84. The lowest BCUT2D eigenvalue weighted by Gasteiger charge is -2.39. The second-order valence-electron chi connectivity index (χ2n) is 8.27. The van der Waals surface area contributed by atoms with E-state index in [0.29, 0.717) is 24.5 Å². The zero-order valence-electron chi connectivity index (χ0n) is 16.3. The van der Waals surface area contributed by atoms with E-state index in [1.807, 2.05) is 6.07 Å². The summed E-state index contributed by atoms with van der Waals surface area (Å²) in [5.74, 6) is -0.812. The summed E-state index contributed by atoms with van der Waals surface area (Å²) in [4.78, 5) is 25.9. The predicted octanol–water partition coefficient (Wildman–Crippen LogP) is 2.23. The molecule has 7 heteroatoms. The molecular weight excluding hydrogens is 378 g/mol. The average Bonchev–Trinajstić information content (AvgIpc) is 3.12. The molecule has 1 saturated carbocycles. The molecule has 2 amide bonds. The monoisotopic (exact) mass is 408 g/mol. The number of benzene rings is 1. The number of carbonyl (C=O) groups excluding carboxylic acids is 2. The van der Waals surface area contributed by atoms with E-state index in [2.05, 4.69) is 0 Å². The maximum absolute atomic E-state index is 13.6. The van der Waals surface area contributed by atoms with Gasteiger partial charge < -0.3 is 16.6 Å². The standard InChI is InChI=1S/C21H30ClN3O3/c22-17-9-8-15(12-23)16(11-17)13-25(10-4-7-18(25)20(24)27)21(28)19(26)14-5-2-1-3-6-14/h8-9,11,14,18-19,26H,1-7,10,12-13,23H2,(H-,24,27)/p+1/t18-,19+,25?/m0/s1. The first kappa shape index (κ1) is 21.2. The van der Waals surface area contributed by atoms with E-state index in [1.54, 1.807) is 12.1 Å². The van der Waals surface area contributed by atoms with E-state index in [0.717, 1.165) is 49.7 Å². The van der Waals surface area contributed by atoms with Crippen molar-refractivity contribution >= 4 is 23.4 Å². The number of halogens is 1. The molecule has 0 aromatic heterocycles. The summed E-state index contributed by atoms with van der Waals surface area (Å²) in [5, 5.41) is 11.5. The van der Waals surface area contributed by atoms with Crippen molar-refractivity contribution in [3.8, 4) is 0 Å². The Labute approximate surface area is 171 Å². The molecular formula is C21H31ClN3O3+. The Morgan fingerprint density at radius 3 is 2.50 bits per heavy atom. The Hall–Kier alpha value is -1.47. The van der Waals surface area contributed by atoms with Crippen LogP contribution in [0, 0.1) is 5.92 Å². The van der Waals surface area contributed by atoms with Crippen LogP contribution in [0.4, 0.5) is 0 Å². The van der Waals surface area contributed by atoms with Crippen molar-refractivity contribution in [3.05, 3.63) is 34.3 Å². The van der Waals surface area contributed by atoms with Gasteiger partial charge in [0.15, 0.2) is 12.1 Å². The molecule has 0 radical (unpaired) electrons. The van der Waals surface area contributed by atoms with Gasteiger partial charge in [0.1, 0.15) is 6.54 Å². The predicted molar refractivity (Wildman–Crippen MR) is 108 cm³/mol. The molecule has 1 saturated heterocycles. The highest BCUT2D eigenvalue weighted by atomic mass is 35.5. The van der Waals surface area contributed by atoms with Crippen LogP contribution in [0.3, 0.4) is 0 Å². The Kier molecular flexibility index (Phi) is 6.76. The Balaban J connectivity index is 1.98. The van der Waals surface area contributed by atoms with Crippen LogP contribution < -0.4 is 11.5 Å². The number of aliphatic hydroxyl groups is 1. The summed E-state index contributed by atoms with van der Waals surface area (Å²) < 4.78 is -0.125. The first-order chi connectivity index (χ1) is 13.4. The maximum Gasteiger partial charge on any atom is 0.343 e. The van der Waals surface area contributed by atoms with Crippen LogP contribution in [-0.2, 0) is 22.7 Å². The number of primary amides is 1. The molecule has 1 aliphatic carbocycles. The van der Waals surface area contributed by atoms with E-state index in [-0.39, 0.29) is 22.9 Å². The summed E-state index contributed by atoms with van der Waals surface area (Å²) in [6, 6.07) is 4.80. The zero-order valence-corrected chi connectivity index (χ0v) is 17.0. The molecule has 5 N–H and O–H groups in total. The molecule has 3 rings (SSSR count). The second-order valence-corrected chi connectivity index (χ2v) is 8.71. The fourth-order valence-corrected chi connectivity index (χ4v) is 5.24. The van der Waals surface area contributed by atoms with Gasteiger partial charge in [-0.3, -0.25) is 4.79 Å². The highest BCUT2D eigenvalue weighted by Crippen LogP contribution is 2.36. The molecule has 2 fully saturated rings. The number of rotatable bonds is 6. The van der Waals surface area contributed by atoms with Gasteiger partial charge in [0, 0.05) is 30.0 Å². The van der Waals surface area contributed by atoms with Crippen LogP contribution in [0.25, 0.3) is 0 Å². The largest absolute Gasteiger partial charge is 0.379 e. The van der Waals surface area contributed by atoms with E-state index >= 15 is 0 Å². The van der Waals surface area contributed by atoms with Gasteiger partial charge >= 0.3 is 5.91 Å². The third kappa shape index (κ3) is 4.10. The van der Waals surface area contributed by atoms with Crippen molar-refractivity contribution in [3.63, 3.8) is 0 Å². The summed E-state index contributed by atoms with van der Waals surface area (Å²) >= 11 is 6.19. The molecule has 0 bridgehead atoms. The van der Waals surface area contributed by atoms with E-state index in [1.165, 1.54) is 0 Å². The maximum atomic E-state index is 13.6. The molecule has 28 heavy (non-hydrogen) atoms. The summed E-state index contributed by atoms with van der Waals surface area (Å²) in [5.41, 5.74) is 13.3. The van der Waals surface area contributed by atoms with Crippen molar-refractivity contribution in [2.24, 2.45) is 17.4 Å². The number of nitrogens with two attached hydrogens (primary N) is 2. The second kappa shape index (κ2) is 8.91. The zero-order chi connectivity index (χ0) is 20.3. The first-order valence-corrected chi connectivity index (χ1v) is 10.6. The average molecular weight is 409 g/mol. The number of amides is 2. The number of quaternary nitrogens is 1. The van der Waals surface area contributed by atoms with Gasteiger partial charge in [0.2, 0.25) is 0 Å². The van der Waals surface area contributed by atoms with Crippen molar-refractivity contribution in [2.45, 2.75) is 70.2 Å². The third-order valence-electron chi connectivity index (χ3n) is 6.59. The molecule has 1 unspecified atom stereocenters. The lowest BCUT2D eigenvalue weighted by Crippen LogP contribution is -2.63.